The van der Waals surface area contributed by atoms with E-state index in [2.05, 4.69) is 12.2 Å². The van der Waals surface area contributed by atoms with Crippen LogP contribution in [0.2, 0.25) is 0 Å². The van der Waals surface area contributed by atoms with Gasteiger partial charge in [0.15, 0.2) is 0 Å². The van der Waals surface area contributed by atoms with Gasteiger partial charge in [0.25, 0.3) is 0 Å². The van der Waals surface area contributed by atoms with Crippen LogP contribution in [0.25, 0.3) is 0 Å². The van der Waals surface area contributed by atoms with Crippen LogP contribution in [0.4, 0.5) is 4.79 Å². The Labute approximate surface area is 122 Å². The van der Waals surface area contributed by atoms with Gasteiger partial charge in [-0.3, -0.25) is 0 Å². The van der Waals surface area contributed by atoms with Crippen LogP contribution in [0.5, 0.6) is 0 Å². The van der Waals surface area contributed by atoms with Gasteiger partial charge in [0.2, 0.25) is 0 Å². The Morgan fingerprint density at radius 3 is 2.80 bits per heavy atom. The van der Waals surface area contributed by atoms with Gasteiger partial charge in [-0.1, -0.05) is 0 Å². The van der Waals surface area contributed by atoms with E-state index in [1.54, 1.807) is 0 Å². The quantitative estimate of drug-likeness (QED) is 0.811. The highest BCUT2D eigenvalue weighted by atomic mass is 16.6. The Hall–Kier alpha value is -0.810. The molecule has 0 radical (unpaired) electrons. The molecule has 1 fully saturated rings. The fourth-order valence-electron chi connectivity index (χ4n) is 2.39. The Balaban J connectivity index is 2.36. The van der Waals surface area contributed by atoms with Crippen LogP contribution in [-0.2, 0) is 4.74 Å². The maximum Gasteiger partial charge on any atom is 0.410 e. The molecule has 5 heteroatoms. The van der Waals surface area contributed by atoms with Gasteiger partial charge in [0, 0.05) is 25.7 Å². The van der Waals surface area contributed by atoms with Crippen molar-refractivity contribution >= 4 is 6.09 Å². The second-order valence-electron chi connectivity index (χ2n) is 6.76. The summed E-state index contributed by atoms with van der Waals surface area (Å²) in [6.07, 6.45) is 2.73. The number of hydrogen-bond acceptors (Lipinski definition) is 4. The van der Waals surface area contributed by atoms with Crippen LogP contribution >= 0.6 is 0 Å². The number of aliphatic hydroxyl groups is 1. The molecule has 0 spiro atoms. The van der Waals surface area contributed by atoms with Crippen LogP contribution in [-0.4, -0.2) is 54.0 Å². The minimum Gasteiger partial charge on any atom is -0.444 e. The van der Waals surface area contributed by atoms with Gasteiger partial charge < -0.3 is 20.1 Å². The molecule has 1 aliphatic rings. The Kier molecular flexibility index (Phi) is 6.76. The summed E-state index contributed by atoms with van der Waals surface area (Å²) in [5, 5.41) is 12.3. The van der Waals surface area contributed by atoms with Gasteiger partial charge in [-0.25, -0.2) is 4.79 Å². The second kappa shape index (κ2) is 7.84. The predicted octanol–water partition coefficient (Wildman–Crippen LogP) is 1.99. The molecule has 0 aromatic heterocycles. The molecule has 5 nitrogen and oxygen atoms in total. The topological polar surface area (TPSA) is 61.8 Å². The van der Waals surface area contributed by atoms with E-state index < -0.39 is 5.60 Å². The molecule has 1 saturated heterocycles. The minimum absolute atomic E-state index is 0.203. The number of likely N-dealkylation sites (tertiary alicyclic amines) is 1. The predicted molar refractivity (Wildman–Crippen MR) is 79.7 cm³/mol. The number of carbonyl (C=O) groups is 1. The molecule has 2 N–H and O–H groups in total. The van der Waals surface area contributed by atoms with Crippen molar-refractivity contribution in [2.75, 3.05) is 26.2 Å². The van der Waals surface area contributed by atoms with Gasteiger partial charge in [-0.15, -0.1) is 0 Å². The molecule has 118 valence electrons. The van der Waals surface area contributed by atoms with Crippen molar-refractivity contribution in [3.63, 3.8) is 0 Å². The monoisotopic (exact) mass is 286 g/mol. The van der Waals surface area contributed by atoms with E-state index in [9.17, 15) is 4.79 Å². The summed E-state index contributed by atoms with van der Waals surface area (Å²) in [7, 11) is 0. The zero-order chi connectivity index (χ0) is 15.2. The molecular weight excluding hydrogens is 256 g/mol. The standard InChI is InChI=1S/C15H30N2O3/c1-12(7-9-18)16-10-13-6-5-8-17(11-13)14(19)20-15(2,3)4/h12-13,16,18H,5-11H2,1-4H3. The van der Waals surface area contributed by atoms with Gasteiger partial charge >= 0.3 is 6.09 Å². The van der Waals surface area contributed by atoms with Crippen molar-refractivity contribution in [2.24, 2.45) is 5.92 Å². The average Bonchev–Trinajstić information content (AvgIpc) is 2.35. The molecule has 0 bridgehead atoms. The smallest absolute Gasteiger partial charge is 0.410 e. The number of rotatable bonds is 5. The maximum absolute atomic E-state index is 12.1. The van der Waals surface area contributed by atoms with Gasteiger partial charge in [-0.2, -0.15) is 0 Å². The highest BCUT2D eigenvalue weighted by Gasteiger charge is 2.27. The third kappa shape index (κ3) is 6.57. The van der Waals surface area contributed by atoms with Crippen LogP contribution in [0.3, 0.4) is 0 Å². The molecule has 2 atom stereocenters. The van der Waals surface area contributed by atoms with E-state index in [1.165, 1.54) is 0 Å². The van der Waals surface area contributed by atoms with E-state index in [0.717, 1.165) is 38.9 Å². The Bertz CT molecular complexity index is 302. The normalized spacial score (nSPS) is 21.6. The molecule has 1 aliphatic heterocycles. The molecule has 1 heterocycles. The minimum atomic E-state index is -0.433. The van der Waals surface area contributed by atoms with E-state index in [1.807, 2.05) is 25.7 Å². The lowest BCUT2D eigenvalue weighted by molar-refractivity contribution is 0.0165. The summed E-state index contributed by atoms with van der Waals surface area (Å²) in [5.41, 5.74) is -0.433. The summed E-state index contributed by atoms with van der Waals surface area (Å²) < 4.78 is 5.42. The largest absolute Gasteiger partial charge is 0.444 e. The van der Waals surface area contributed by atoms with Gasteiger partial charge in [-0.05, 0) is 59.4 Å². The number of carbonyl (C=O) groups excluding carboxylic acids is 1. The summed E-state index contributed by atoms with van der Waals surface area (Å²) in [6, 6.07) is 0.317. The van der Waals surface area contributed by atoms with Crippen LogP contribution in [0, 0.1) is 5.92 Å². The lowest BCUT2D eigenvalue weighted by Crippen LogP contribution is -2.45. The van der Waals surface area contributed by atoms with Crippen LogP contribution in [0.1, 0.15) is 47.0 Å². The van der Waals surface area contributed by atoms with E-state index in [4.69, 9.17) is 9.84 Å². The van der Waals surface area contributed by atoms with Crippen molar-refractivity contribution in [3.8, 4) is 0 Å². The number of nitrogens with one attached hydrogen (secondary N) is 1. The lowest BCUT2D eigenvalue weighted by Gasteiger charge is -2.34. The molecule has 0 saturated carbocycles. The first kappa shape index (κ1) is 17.2. The fraction of sp³-hybridized carbons (Fsp3) is 0.933. The SMILES string of the molecule is CC(CCO)NCC1CCCN(C(=O)OC(C)(C)C)C1. The van der Waals surface area contributed by atoms with Gasteiger partial charge in [0.1, 0.15) is 5.60 Å². The highest BCUT2D eigenvalue weighted by molar-refractivity contribution is 5.68. The summed E-state index contributed by atoms with van der Waals surface area (Å²) >= 11 is 0. The lowest BCUT2D eigenvalue weighted by atomic mass is 9.98. The number of amides is 1. The average molecular weight is 286 g/mol. The van der Waals surface area contributed by atoms with Crippen LogP contribution < -0.4 is 5.32 Å². The second-order valence-corrected chi connectivity index (χ2v) is 6.76. The third-order valence-electron chi connectivity index (χ3n) is 3.49. The van der Waals surface area contributed by atoms with Crippen LogP contribution in [0.15, 0.2) is 0 Å². The van der Waals surface area contributed by atoms with E-state index >= 15 is 0 Å². The summed E-state index contributed by atoms with van der Waals surface area (Å²) in [5.74, 6) is 0.470. The number of nitrogens with zero attached hydrogens (tertiary/aromatic N) is 1. The van der Waals surface area contributed by atoms with Crippen molar-refractivity contribution in [2.45, 2.75) is 58.6 Å². The molecule has 20 heavy (non-hydrogen) atoms. The first-order chi connectivity index (χ1) is 9.31. The molecule has 1 rings (SSSR count). The number of ether oxygens (including phenoxy) is 1. The highest BCUT2D eigenvalue weighted by Crippen LogP contribution is 2.19. The zero-order valence-electron chi connectivity index (χ0n) is 13.3. The Morgan fingerprint density at radius 2 is 2.20 bits per heavy atom. The molecule has 0 aromatic rings. The molecular formula is C15H30N2O3. The third-order valence-corrected chi connectivity index (χ3v) is 3.49. The Morgan fingerprint density at radius 1 is 1.50 bits per heavy atom. The van der Waals surface area contributed by atoms with Crippen molar-refractivity contribution < 1.29 is 14.6 Å². The molecule has 0 aromatic carbocycles. The zero-order valence-corrected chi connectivity index (χ0v) is 13.3. The molecule has 0 aliphatic carbocycles. The number of aliphatic hydroxyl groups excluding tert-OH is 1. The first-order valence-corrected chi connectivity index (χ1v) is 7.64. The number of piperidine rings is 1. The fourth-order valence-corrected chi connectivity index (χ4v) is 2.39. The number of hydrogen-bond donors (Lipinski definition) is 2. The summed E-state index contributed by atoms with van der Waals surface area (Å²) in [4.78, 5) is 13.9. The van der Waals surface area contributed by atoms with Crippen molar-refractivity contribution in [1.29, 1.82) is 0 Å². The molecule has 1 amide bonds. The van der Waals surface area contributed by atoms with Crippen molar-refractivity contribution in [3.05, 3.63) is 0 Å². The summed E-state index contributed by atoms with van der Waals surface area (Å²) in [6.45, 7) is 10.4. The molecule has 2 unspecified atom stereocenters. The maximum atomic E-state index is 12.1. The first-order valence-electron chi connectivity index (χ1n) is 7.64. The van der Waals surface area contributed by atoms with E-state index in [0.29, 0.717) is 12.0 Å². The van der Waals surface area contributed by atoms with Crippen molar-refractivity contribution in [1.82, 2.24) is 10.2 Å². The van der Waals surface area contributed by atoms with Gasteiger partial charge in [0.05, 0.1) is 0 Å². The van der Waals surface area contributed by atoms with E-state index in [-0.39, 0.29) is 12.7 Å².